The number of fused-ring (bicyclic) bond motifs is 2. The Labute approximate surface area is 206 Å². The van der Waals surface area contributed by atoms with E-state index in [1.165, 1.54) is 12.4 Å². The van der Waals surface area contributed by atoms with Crippen molar-refractivity contribution in [2.24, 2.45) is 14.1 Å². The number of hydrogen-bond donors (Lipinski definition) is 0. The van der Waals surface area contributed by atoms with Gasteiger partial charge in [0.15, 0.2) is 11.3 Å². The topological polar surface area (TPSA) is 114 Å². The molecule has 10 heteroatoms. The molecule has 0 aliphatic rings. The van der Waals surface area contributed by atoms with E-state index in [-0.39, 0.29) is 13.2 Å². The van der Waals surface area contributed by atoms with Gasteiger partial charge in [0.1, 0.15) is 13.2 Å². The summed E-state index contributed by atoms with van der Waals surface area (Å²) in [4.78, 5) is 33.6. The molecule has 1 aromatic carbocycles. The number of esters is 2. The summed E-state index contributed by atoms with van der Waals surface area (Å²) in [6.45, 7) is 3.96. The lowest BCUT2D eigenvalue weighted by molar-refractivity contribution is 0.0460. The zero-order valence-electron chi connectivity index (χ0n) is 20.3. The Bertz CT molecular complexity index is 1500. The molecule has 4 aromatic heterocycles. The van der Waals surface area contributed by atoms with E-state index < -0.39 is 11.9 Å². The highest BCUT2D eigenvalue weighted by Crippen LogP contribution is 2.19. The number of hydrogen-bond acceptors (Lipinski definition) is 8. The summed E-state index contributed by atoms with van der Waals surface area (Å²) in [6.07, 6.45) is 2.98. The number of benzene rings is 1. The smallest absolute Gasteiger partial charge is 0.340 e. The molecule has 0 fully saturated rings. The van der Waals surface area contributed by atoms with Crippen molar-refractivity contribution in [3.8, 4) is 0 Å². The van der Waals surface area contributed by atoms with Crippen LogP contribution in [0.25, 0.3) is 22.1 Å². The zero-order valence-corrected chi connectivity index (χ0v) is 20.3. The van der Waals surface area contributed by atoms with Crippen LogP contribution in [0.1, 0.15) is 43.2 Å². The predicted molar refractivity (Wildman–Crippen MR) is 131 cm³/mol. The number of aromatic nitrogens is 6. The van der Waals surface area contributed by atoms with Crippen molar-refractivity contribution in [2.45, 2.75) is 27.1 Å². The highest BCUT2D eigenvalue weighted by atomic mass is 16.5. The summed E-state index contributed by atoms with van der Waals surface area (Å²) < 4.78 is 14.2. The number of aryl methyl sites for hydroxylation is 4. The molecule has 0 spiro atoms. The standard InChI is InChI=1S/C26H24N6O4/c1-15-21-9-19(11-27-23(21)31(3)29-15)25(33)35-13-17-5-7-18(8-6-17)14-36-26(34)20-10-22-16(2)30-32(4)24(22)28-12-20/h5-12H,13-14H2,1-4H3. The average molecular weight is 485 g/mol. The van der Waals surface area contributed by atoms with Gasteiger partial charge in [-0.2, -0.15) is 10.2 Å². The van der Waals surface area contributed by atoms with Gasteiger partial charge in [0, 0.05) is 37.3 Å². The molecule has 5 rings (SSSR count). The van der Waals surface area contributed by atoms with E-state index >= 15 is 0 Å². The molecular weight excluding hydrogens is 460 g/mol. The monoisotopic (exact) mass is 484 g/mol. The molecule has 0 saturated heterocycles. The van der Waals surface area contributed by atoms with E-state index in [2.05, 4.69) is 20.2 Å². The van der Waals surface area contributed by atoms with Gasteiger partial charge in [-0.25, -0.2) is 19.6 Å². The van der Waals surface area contributed by atoms with Crippen molar-refractivity contribution in [3.63, 3.8) is 0 Å². The average Bonchev–Trinajstić information content (AvgIpc) is 3.34. The van der Waals surface area contributed by atoms with Crippen LogP contribution in [-0.2, 0) is 36.8 Å². The maximum atomic E-state index is 12.5. The lowest BCUT2D eigenvalue weighted by atomic mass is 10.1. The minimum Gasteiger partial charge on any atom is -0.457 e. The fraction of sp³-hybridized carbons (Fsp3) is 0.231. The molecule has 0 bridgehead atoms. The molecule has 0 saturated carbocycles. The summed E-state index contributed by atoms with van der Waals surface area (Å²) in [5.41, 5.74) is 5.39. The van der Waals surface area contributed by atoms with E-state index in [0.717, 1.165) is 33.3 Å². The van der Waals surface area contributed by atoms with Crippen LogP contribution in [0.2, 0.25) is 0 Å². The van der Waals surface area contributed by atoms with E-state index in [4.69, 9.17) is 9.47 Å². The SMILES string of the molecule is Cc1nn(C)c2ncc(C(=O)OCc3ccc(COC(=O)c4cnc5c(c4)c(C)nn5C)cc3)cc12. The molecule has 0 unspecified atom stereocenters. The normalized spacial score (nSPS) is 11.2. The van der Waals surface area contributed by atoms with Crippen molar-refractivity contribution in [2.75, 3.05) is 0 Å². The maximum Gasteiger partial charge on any atom is 0.340 e. The third-order valence-corrected chi connectivity index (χ3v) is 5.96. The Hall–Kier alpha value is -4.60. The minimum absolute atomic E-state index is 0.110. The van der Waals surface area contributed by atoms with Gasteiger partial charge >= 0.3 is 11.9 Å². The predicted octanol–water partition coefficient (Wildman–Crippen LogP) is 3.58. The van der Waals surface area contributed by atoms with Gasteiger partial charge in [0.05, 0.1) is 22.5 Å². The maximum absolute atomic E-state index is 12.5. The molecule has 0 amide bonds. The van der Waals surface area contributed by atoms with Crippen molar-refractivity contribution < 1.29 is 19.1 Å². The fourth-order valence-corrected chi connectivity index (χ4v) is 4.04. The highest BCUT2D eigenvalue weighted by Gasteiger charge is 2.14. The molecule has 182 valence electrons. The molecule has 10 nitrogen and oxygen atoms in total. The van der Waals surface area contributed by atoms with E-state index in [1.807, 2.05) is 52.2 Å². The molecule has 0 aliphatic heterocycles. The third-order valence-electron chi connectivity index (χ3n) is 5.96. The fourth-order valence-electron chi connectivity index (χ4n) is 4.04. The Morgan fingerprint density at radius 3 is 1.50 bits per heavy atom. The summed E-state index contributed by atoms with van der Waals surface area (Å²) >= 11 is 0. The summed E-state index contributed by atoms with van der Waals surface area (Å²) in [5, 5.41) is 10.3. The van der Waals surface area contributed by atoms with Crippen molar-refractivity contribution in [3.05, 3.63) is 82.4 Å². The Morgan fingerprint density at radius 1 is 0.722 bits per heavy atom. The lowest BCUT2D eigenvalue weighted by Crippen LogP contribution is -2.07. The molecule has 36 heavy (non-hydrogen) atoms. The van der Waals surface area contributed by atoms with Crippen LogP contribution in [-0.4, -0.2) is 41.5 Å². The van der Waals surface area contributed by atoms with E-state index in [9.17, 15) is 9.59 Å². The Kier molecular flexibility index (Phi) is 5.93. The third kappa shape index (κ3) is 4.40. The van der Waals surface area contributed by atoms with Gasteiger partial charge in [-0.1, -0.05) is 24.3 Å². The zero-order chi connectivity index (χ0) is 25.4. The largest absolute Gasteiger partial charge is 0.457 e. The van der Waals surface area contributed by atoms with Gasteiger partial charge in [-0.05, 0) is 37.1 Å². The van der Waals surface area contributed by atoms with Gasteiger partial charge in [-0.15, -0.1) is 0 Å². The van der Waals surface area contributed by atoms with Crippen LogP contribution in [0, 0.1) is 13.8 Å². The number of ether oxygens (including phenoxy) is 2. The van der Waals surface area contributed by atoms with E-state index in [0.29, 0.717) is 22.4 Å². The van der Waals surface area contributed by atoms with Crippen LogP contribution >= 0.6 is 0 Å². The Balaban J connectivity index is 1.17. The first-order chi connectivity index (χ1) is 17.3. The van der Waals surface area contributed by atoms with Crippen LogP contribution in [0.5, 0.6) is 0 Å². The minimum atomic E-state index is -0.458. The molecule has 0 N–H and O–H groups in total. The number of pyridine rings is 2. The Morgan fingerprint density at radius 2 is 1.11 bits per heavy atom. The molecular formula is C26H24N6O4. The first-order valence-electron chi connectivity index (χ1n) is 11.3. The van der Waals surface area contributed by atoms with Gasteiger partial charge in [0.25, 0.3) is 0 Å². The molecule has 0 aliphatic carbocycles. The number of nitrogens with zero attached hydrogens (tertiary/aromatic N) is 6. The quantitative estimate of drug-likeness (QED) is 0.336. The van der Waals surface area contributed by atoms with E-state index in [1.54, 1.807) is 21.5 Å². The second-order valence-electron chi connectivity index (χ2n) is 8.58. The molecule has 0 atom stereocenters. The number of carbonyl (C=O) groups excluding carboxylic acids is 2. The first kappa shape index (κ1) is 23.2. The van der Waals surface area contributed by atoms with Crippen molar-refractivity contribution in [1.82, 2.24) is 29.5 Å². The summed E-state index contributed by atoms with van der Waals surface area (Å²) in [7, 11) is 3.62. The van der Waals surface area contributed by atoms with Gasteiger partial charge in [-0.3, -0.25) is 9.36 Å². The molecule has 5 aromatic rings. The second kappa shape index (κ2) is 9.21. The summed E-state index contributed by atoms with van der Waals surface area (Å²) in [6, 6.07) is 10.8. The highest BCUT2D eigenvalue weighted by molar-refractivity contribution is 5.94. The lowest BCUT2D eigenvalue weighted by Gasteiger charge is -2.08. The van der Waals surface area contributed by atoms with Crippen LogP contribution in [0.4, 0.5) is 0 Å². The molecule has 4 heterocycles. The first-order valence-corrected chi connectivity index (χ1v) is 11.3. The van der Waals surface area contributed by atoms with Crippen molar-refractivity contribution in [1.29, 1.82) is 0 Å². The van der Waals surface area contributed by atoms with Gasteiger partial charge in [0.2, 0.25) is 0 Å². The van der Waals surface area contributed by atoms with Crippen molar-refractivity contribution >= 4 is 34.0 Å². The second-order valence-corrected chi connectivity index (χ2v) is 8.58. The van der Waals surface area contributed by atoms with Crippen LogP contribution in [0.15, 0.2) is 48.8 Å². The van der Waals surface area contributed by atoms with Crippen LogP contribution in [0.3, 0.4) is 0 Å². The number of rotatable bonds is 6. The van der Waals surface area contributed by atoms with Crippen LogP contribution < -0.4 is 0 Å². The van der Waals surface area contributed by atoms with Gasteiger partial charge < -0.3 is 9.47 Å². The number of carbonyl (C=O) groups is 2. The molecule has 0 radical (unpaired) electrons. The summed E-state index contributed by atoms with van der Waals surface area (Å²) in [5.74, 6) is -0.916.